The lowest BCUT2D eigenvalue weighted by Crippen LogP contribution is -2.25. The topological polar surface area (TPSA) is 50.7 Å². The van der Waals surface area contributed by atoms with Gasteiger partial charge in [0.25, 0.3) is 5.91 Å². The highest BCUT2D eigenvalue weighted by atomic mass is 79.9. The molecule has 0 spiro atoms. The number of hydrazone groups is 1. The molecule has 1 amide bonds. The maximum absolute atomic E-state index is 11.3. The molecule has 1 aromatic carbocycles. The van der Waals surface area contributed by atoms with Gasteiger partial charge in [-0.05, 0) is 44.5 Å². The quantitative estimate of drug-likeness (QED) is 0.686. The Balaban J connectivity index is 2.47. The van der Waals surface area contributed by atoms with Crippen molar-refractivity contribution in [3.63, 3.8) is 0 Å². The van der Waals surface area contributed by atoms with Crippen LogP contribution in [0.2, 0.25) is 0 Å². The molecule has 0 aliphatic heterocycles. The standard InChI is InChI=1S/C12H15BrN2O2/c1-8(2)14-15-12(16)7-17-10-4-5-11(13)9(3)6-10/h4-6H,7H2,1-3H3,(H,15,16). The number of benzene rings is 1. The number of hydrogen-bond acceptors (Lipinski definition) is 3. The van der Waals surface area contributed by atoms with Crippen LogP contribution in [0.1, 0.15) is 19.4 Å². The number of amides is 1. The third-order valence-electron chi connectivity index (χ3n) is 1.90. The van der Waals surface area contributed by atoms with Crippen molar-refractivity contribution < 1.29 is 9.53 Å². The fraction of sp³-hybridized carbons (Fsp3) is 0.333. The molecule has 0 fully saturated rings. The van der Waals surface area contributed by atoms with Crippen molar-refractivity contribution in [1.29, 1.82) is 0 Å². The van der Waals surface area contributed by atoms with Gasteiger partial charge in [-0.3, -0.25) is 4.79 Å². The Bertz CT molecular complexity index is 440. The van der Waals surface area contributed by atoms with Crippen LogP contribution in [0.3, 0.4) is 0 Å². The highest BCUT2D eigenvalue weighted by Crippen LogP contribution is 2.21. The van der Waals surface area contributed by atoms with Crippen molar-refractivity contribution in [2.75, 3.05) is 6.61 Å². The molecular formula is C12H15BrN2O2. The molecule has 0 atom stereocenters. The van der Waals surface area contributed by atoms with Crippen molar-refractivity contribution in [3.8, 4) is 5.75 Å². The lowest BCUT2D eigenvalue weighted by atomic mass is 10.2. The summed E-state index contributed by atoms with van der Waals surface area (Å²) in [6.07, 6.45) is 0. The molecule has 17 heavy (non-hydrogen) atoms. The Kier molecular flexibility index (Phi) is 5.15. The minimum absolute atomic E-state index is 0.0438. The van der Waals surface area contributed by atoms with Gasteiger partial charge in [0.15, 0.2) is 6.61 Å². The number of rotatable bonds is 4. The fourth-order valence-electron chi connectivity index (χ4n) is 1.06. The number of hydrogen-bond donors (Lipinski definition) is 1. The van der Waals surface area contributed by atoms with Crippen molar-refractivity contribution >= 4 is 27.5 Å². The minimum atomic E-state index is -0.272. The van der Waals surface area contributed by atoms with Crippen LogP contribution in [0.4, 0.5) is 0 Å². The monoisotopic (exact) mass is 298 g/mol. The van der Waals surface area contributed by atoms with Crippen molar-refractivity contribution in [1.82, 2.24) is 5.43 Å². The van der Waals surface area contributed by atoms with Gasteiger partial charge in [0, 0.05) is 10.2 Å². The van der Waals surface area contributed by atoms with Crippen molar-refractivity contribution in [3.05, 3.63) is 28.2 Å². The molecule has 1 aromatic rings. The van der Waals surface area contributed by atoms with Gasteiger partial charge in [0.2, 0.25) is 0 Å². The highest BCUT2D eigenvalue weighted by Gasteiger charge is 2.02. The van der Waals surface area contributed by atoms with Crippen LogP contribution in [-0.4, -0.2) is 18.2 Å². The van der Waals surface area contributed by atoms with E-state index in [0.29, 0.717) is 5.75 Å². The Morgan fingerprint density at radius 3 is 2.76 bits per heavy atom. The van der Waals surface area contributed by atoms with Gasteiger partial charge in [0.05, 0.1) is 0 Å². The zero-order valence-corrected chi connectivity index (χ0v) is 11.7. The maximum atomic E-state index is 11.3. The number of carbonyl (C=O) groups excluding carboxylic acids is 1. The molecule has 0 saturated heterocycles. The van der Waals surface area contributed by atoms with Crippen LogP contribution >= 0.6 is 15.9 Å². The molecule has 0 unspecified atom stereocenters. The average molecular weight is 299 g/mol. The largest absolute Gasteiger partial charge is 0.484 e. The van der Waals surface area contributed by atoms with E-state index in [2.05, 4.69) is 26.5 Å². The molecule has 1 N–H and O–H groups in total. The molecule has 0 heterocycles. The van der Waals surface area contributed by atoms with Gasteiger partial charge < -0.3 is 4.74 Å². The first-order valence-corrected chi connectivity index (χ1v) is 5.97. The normalized spacial score (nSPS) is 9.65. The highest BCUT2D eigenvalue weighted by molar-refractivity contribution is 9.10. The summed E-state index contributed by atoms with van der Waals surface area (Å²) in [5, 5.41) is 3.80. The molecule has 92 valence electrons. The van der Waals surface area contributed by atoms with Gasteiger partial charge in [-0.2, -0.15) is 5.10 Å². The first-order valence-electron chi connectivity index (χ1n) is 5.17. The number of carbonyl (C=O) groups is 1. The maximum Gasteiger partial charge on any atom is 0.277 e. The Labute approximate surface area is 109 Å². The third kappa shape index (κ3) is 4.99. The van der Waals surface area contributed by atoms with Gasteiger partial charge in [0.1, 0.15) is 5.75 Å². The number of halogens is 1. The summed E-state index contributed by atoms with van der Waals surface area (Å²) in [7, 11) is 0. The molecule has 5 heteroatoms. The van der Waals surface area contributed by atoms with Crippen LogP contribution in [-0.2, 0) is 4.79 Å². The summed E-state index contributed by atoms with van der Waals surface area (Å²) in [5.74, 6) is 0.393. The summed E-state index contributed by atoms with van der Waals surface area (Å²) < 4.78 is 6.35. The summed E-state index contributed by atoms with van der Waals surface area (Å²) in [6.45, 7) is 5.53. The Morgan fingerprint density at radius 2 is 2.18 bits per heavy atom. The second-order valence-electron chi connectivity index (χ2n) is 3.79. The van der Waals surface area contributed by atoms with E-state index in [4.69, 9.17) is 4.74 Å². The molecular weight excluding hydrogens is 284 g/mol. The number of nitrogens with zero attached hydrogens (tertiary/aromatic N) is 1. The van der Waals surface area contributed by atoms with E-state index in [0.717, 1.165) is 15.7 Å². The fourth-order valence-corrected chi connectivity index (χ4v) is 1.31. The van der Waals surface area contributed by atoms with Crippen molar-refractivity contribution in [2.24, 2.45) is 5.10 Å². The van der Waals surface area contributed by atoms with E-state index in [-0.39, 0.29) is 12.5 Å². The molecule has 0 aliphatic rings. The van der Waals surface area contributed by atoms with E-state index in [9.17, 15) is 4.79 Å². The molecule has 0 saturated carbocycles. The van der Waals surface area contributed by atoms with Gasteiger partial charge >= 0.3 is 0 Å². The predicted octanol–water partition coefficient (Wildman–Crippen LogP) is 2.65. The summed E-state index contributed by atoms with van der Waals surface area (Å²) in [5.41, 5.74) is 4.24. The van der Waals surface area contributed by atoms with E-state index >= 15 is 0 Å². The smallest absolute Gasteiger partial charge is 0.277 e. The van der Waals surface area contributed by atoms with Crippen LogP contribution in [0.5, 0.6) is 5.75 Å². The van der Waals surface area contributed by atoms with Crippen LogP contribution in [0, 0.1) is 6.92 Å². The van der Waals surface area contributed by atoms with E-state index < -0.39 is 0 Å². The summed E-state index contributed by atoms with van der Waals surface area (Å²) in [4.78, 5) is 11.3. The Morgan fingerprint density at radius 1 is 1.47 bits per heavy atom. The molecule has 0 radical (unpaired) electrons. The molecule has 4 nitrogen and oxygen atoms in total. The van der Waals surface area contributed by atoms with Crippen molar-refractivity contribution in [2.45, 2.75) is 20.8 Å². The summed E-state index contributed by atoms with van der Waals surface area (Å²) in [6, 6.07) is 5.56. The van der Waals surface area contributed by atoms with Gasteiger partial charge in [-0.15, -0.1) is 0 Å². The summed E-state index contributed by atoms with van der Waals surface area (Å²) >= 11 is 3.40. The molecule has 0 aromatic heterocycles. The van der Waals surface area contributed by atoms with Crippen LogP contribution in [0.25, 0.3) is 0 Å². The minimum Gasteiger partial charge on any atom is -0.484 e. The average Bonchev–Trinajstić information content (AvgIpc) is 2.28. The second-order valence-corrected chi connectivity index (χ2v) is 4.65. The number of ether oxygens (including phenoxy) is 1. The first kappa shape index (κ1) is 13.7. The van der Waals surface area contributed by atoms with Gasteiger partial charge in [-0.25, -0.2) is 5.43 Å². The zero-order chi connectivity index (χ0) is 12.8. The SMILES string of the molecule is CC(C)=NNC(=O)COc1ccc(Br)c(C)c1. The predicted molar refractivity (Wildman–Crippen MR) is 71.3 cm³/mol. The lowest BCUT2D eigenvalue weighted by Gasteiger charge is -2.06. The van der Waals surface area contributed by atoms with E-state index in [1.54, 1.807) is 19.9 Å². The molecule has 1 rings (SSSR count). The number of nitrogens with one attached hydrogen (secondary N) is 1. The molecule has 0 bridgehead atoms. The van der Waals surface area contributed by atoms with E-state index in [1.807, 2.05) is 19.1 Å². The Hall–Kier alpha value is -1.36. The first-order chi connectivity index (χ1) is 7.99. The van der Waals surface area contributed by atoms with E-state index in [1.165, 1.54) is 0 Å². The van der Waals surface area contributed by atoms with Crippen LogP contribution < -0.4 is 10.2 Å². The zero-order valence-electron chi connectivity index (χ0n) is 10.1. The van der Waals surface area contributed by atoms with Crippen LogP contribution in [0.15, 0.2) is 27.8 Å². The third-order valence-corrected chi connectivity index (χ3v) is 2.79. The van der Waals surface area contributed by atoms with Gasteiger partial charge in [-0.1, -0.05) is 15.9 Å². The second kappa shape index (κ2) is 6.39. The number of aryl methyl sites for hydroxylation is 1. The molecule has 0 aliphatic carbocycles. The lowest BCUT2D eigenvalue weighted by molar-refractivity contribution is -0.123.